The van der Waals surface area contributed by atoms with Crippen molar-refractivity contribution in [3.05, 3.63) is 47.7 Å². The normalized spacial score (nSPS) is 11.3. The third kappa shape index (κ3) is 4.85. The summed E-state index contributed by atoms with van der Waals surface area (Å²) in [4.78, 5) is 11.0. The molecule has 0 aliphatic carbocycles. The molecular formula is C20H21N5OS3. The van der Waals surface area contributed by atoms with Crippen LogP contribution < -0.4 is 10.1 Å². The van der Waals surface area contributed by atoms with Gasteiger partial charge in [-0.25, -0.2) is 4.98 Å². The quantitative estimate of drug-likeness (QED) is 0.325. The predicted molar refractivity (Wildman–Crippen MR) is 123 cm³/mol. The SMILES string of the molecule is CSc1ccc(COc2cc(SC(C)C)cc3c(Nc4nccs4)n[nH]c23)nc1. The molecule has 0 aliphatic rings. The van der Waals surface area contributed by atoms with E-state index in [0.29, 0.717) is 11.9 Å². The number of hydrogen-bond acceptors (Lipinski definition) is 8. The summed E-state index contributed by atoms with van der Waals surface area (Å²) in [6.45, 7) is 4.75. The molecule has 29 heavy (non-hydrogen) atoms. The van der Waals surface area contributed by atoms with Crippen LogP contribution in [0.3, 0.4) is 0 Å². The maximum Gasteiger partial charge on any atom is 0.188 e. The minimum Gasteiger partial charge on any atom is -0.485 e. The zero-order valence-corrected chi connectivity index (χ0v) is 18.8. The van der Waals surface area contributed by atoms with Gasteiger partial charge in [-0.2, -0.15) is 5.10 Å². The lowest BCUT2D eigenvalue weighted by molar-refractivity contribution is 0.303. The second-order valence-electron chi connectivity index (χ2n) is 6.52. The zero-order valence-electron chi connectivity index (χ0n) is 16.3. The summed E-state index contributed by atoms with van der Waals surface area (Å²) in [7, 11) is 0. The van der Waals surface area contributed by atoms with Crippen LogP contribution in [0, 0.1) is 0 Å². The van der Waals surface area contributed by atoms with Crippen molar-refractivity contribution in [1.29, 1.82) is 0 Å². The van der Waals surface area contributed by atoms with Gasteiger partial charge in [-0.3, -0.25) is 10.1 Å². The standard InChI is InChI=1S/C20H21N5OS3/c1-12(2)29-15-8-16-18(24-25-19(16)23-20-21-6-7-28-20)17(9-15)26-11-13-4-5-14(27-3)10-22-13/h4-10,12H,11H2,1-3H3,(H2,21,23,24,25). The molecule has 4 aromatic rings. The van der Waals surface area contributed by atoms with Crippen LogP contribution in [0.2, 0.25) is 0 Å². The molecule has 0 radical (unpaired) electrons. The van der Waals surface area contributed by atoms with Gasteiger partial charge < -0.3 is 10.1 Å². The number of H-pyrrole nitrogens is 1. The average Bonchev–Trinajstić information content (AvgIpc) is 3.37. The van der Waals surface area contributed by atoms with Crippen molar-refractivity contribution >= 4 is 56.7 Å². The van der Waals surface area contributed by atoms with Gasteiger partial charge in [-0.15, -0.1) is 34.9 Å². The van der Waals surface area contributed by atoms with Crippen molar-refractivity contribution in [3.63, 3.8) is 0 Å². The Bertz CT molecular complexity index is 1080. The van der Waals surface area contributed by atoms with E-state index < -0.39 is 0 Å². The molecule has 2 N–H and O–H groups in total. The number of fused-ring (bicyclic) bond motifs is 1. The maximum absolute atomic E-state index is 6.15. The molecule has 1 aromatic carbocycles. The monoisotopic (exact) mass is 443 g/mol. The minimum atomic E-state index is 0.397. The smallest absolute Gasteiger partial charge is 0.188 e. The Balaban J connectivity index is 1.64. The van der Waals surface area contributed by atoms with Gasteiger partial charge in [0.2, 0.25) is 0 Å². The highest BCUT2D eigenvalue weighted by Crippen LogP contribution is 2.37. The molecule has 0 saturated carbocycles. The van der Waals surface area contributed by atoms with Gasteiger partial charge in [0.05, 0.1) is 5.69 Å². The molecule has 150 valence electrons. The molecule has 0 unspecified atom stereocenters. The maximum atomic E-state index is 6.15. The van der Waals surface area contributed by atoms with Crippen LogP contribution in [0.1, 0.15) is 19.5 Å². The van der Waals surface area contributed by atoms with Crippen LogP contribution in [-0.2, 0) is 6.61 Å². The molecule has 0 fully saturated rings. The molecule has 0 bridgehead atoms. The van der Waals surface area contributed by atoms with E-state index in [2.05, 4.69) is 57.5 Å². The van der Waals surface area contributed by atoms with Crippen LogP contribution in [-0.4, -0.2) is 31.7 Å². The number of hydrogen-bond donors (Lipinski definition) is 2. The highest BCUT2D eigenvalue weighted by molar-refractivity contribution is 8.00. The molecule has 3 aromatic heterocycles. The number of ether oxygens (including phenoxy) is 1. The van der Waals surface area contributed by atoms with Crippen LogP contribution >= 0.6 is 34.9 Å². The van der Waals surface area contributed by atoms with Gasteiger partial charge in [-0.1, -0.05) is 13.8 Å². The number of benzene rings is 1. The number of aromatic amines is 1. The molecule has 0 aliphatic heterocycles. The average molecular weight is 444 g/mol. The number of rotatable bonds is 8. The second kappa shape index (κ2) is 9.06. The van der Waals surface area contributed by atoms with Crippen LogP contribution in [0.5, 0.6) is 5.75 Å². The molecular weight excluding hydrogens is 422 g/mol. The van der Waals surface area contributed by atoms with E-state index in [9.17, 15) is 0 Å². The second-order valence-corrected chi connectivity index (χ2v) is 9.95. The predicted octanol–water partition coefficient (Wildman–Crippen LogP) is 5.96. The molecule has 6 nitrogen and oxygen atoms in total. The van der Waals surface area contributed by atoms with E-state index in [4.69, 9.17) is 4.74 Å². The largest absolute Gasteiger partial charge is 0.485 e. The highest BCUT2D eigenvalue weighted by Gasteiger charge is 2.15. The molecule has 0 amide bonds. The van der Waals surface area contributed by atoms with Crippen molar-refractivity contribution < 1.29 is 4.74 Å². The Morgan fingerprint density at radius 3 is 2.79 bits per heavy atom. The number of thiazole rings is 1. The van der Waals surface area contributed by atoms with Crippen molar-refractivity contribution in [2.75, 3.05) is 11.6 Å². The van der Waals surface area contributed by atoms with Crippen molar-refractivity contribution in [2.45, 2.75) is 35.5 Å². The third-order valence-electron chi connectivity index (χ3n) is 4.05. The fraction of sp³-hybridized carbons (Fsp3) is 0.250. The van der Waals surface area contributed by atoms with E-state index in [1.165, 1.54) is 11.3 Å². The lowest BCUT2D eigenvalue weighted by Gasteiger charge is -2.11. The van der Waals surface area contributed by atoms with E-state index in [1.54, 1.807) is 29.7 Å². The molecule has 0 spiro atoms. The third-order valence-corrected chi connectivity index (χ3v) is 6.43. The van der Waals surface area contributed by atoms with Gasteiger partial charge >= 0.3 is 0 Å². The number of thioether (sulfide) groups is 2. The van der Waals surface area contributed by atoms with E-state index >= 15 is 0 Å². The number of aromatic nitrogens is 4. The van der Waals surface area contributed by atoms with Gasteiger partial charge in [0.25, 0.3) is 0 Å². The summed E-state index contributed by atoms with van der Waals surface area (Å²) in [6, 6.07) is 8.26. The van der Waals surface area contributed by atoms with Crippen LogP contribution in [0.25, 0.3) is 10.9 Å². The summed E-state index contributed by atoms with van der Waals surface area (Å²) < 4.78 is 6.15. The van der Waals surface area contributed by atoms with Crippen molar-refractivity contribution in [2.24, 2.45) is 0 Å². The highest BCUT2D eigenvalue weighted by atomic mass is 32.2. The first-order valence-electron chi connectivity index (χ1n) is 9.09. The number of pyridine rings is 1. The molecule has 0 saturated heterocycles. The Kier molecular flexibility index (Phi) is 6.27. The van der Waals surface area contributed by atoms with E-state index in [1.807, 2.05) is 23.9 Å². The number of anilines is 2. The van der Waals surface area contributed by atoms with Gasteiger partial charge in [-0.05, 0) is 30.5 Å². The van der Waals surface area contributed by atoms with Crippen LogP contribution in [0.4, 0.5) is 10.9 Å². The topological polar surface area (TPSA) is 75.7 Å². The zero-order chi connectivity index (χ0) is 20.2. The Hall–Kier alpha value is -2.23. The fourth-order valence-corrected chi connectivity index (χ4v) is 4.56. The van der Waals surface area contributed by atoms with Gasteiger partial charge in [0, 0.05) is 38.2 Å². The molecule has 4 rings (SSSR count). The van der Waals surface area contributed by atoms with Gasteiger partial charge in [0.15, 0.2) is 10.9 Å². The van der Waals surface area contributed by atoms with Crippen molar-refractivity contribution in [3.8, 4) is 5.75 Å². The molecule has 3 heterocycles. The number of nitrogens with one attached hydrogen (secondary N) is 2. The Morgan fingerprint density at radius 1 is 1.21 bits per heavy atom. The van der Waals surface area contributed by atoms with Crippen LogP contribution in [0.15, 0.2) is 51.8 Å². The lowest BCUT2D eigenvalue weighted by atomic mass is 10.2. The van der Waals surface area contributed by atoms with Crippen molar-refractivity contribution in [1.82, 2.24) is 20.2 Å². The summed E-state index contributed by atoms with van der Waals surface area (Å²) in [5.74, 6) is 1.51. The summed E-state index contributed by atoms with van der Waals surface area (Å²) in [5, 5.41) is 15.0. The lowest BCUT2D eigenvalue weighted by Crippen LogP contribution is -1.99. The first-order valence-corrected chi connectivity index (χ1v) is 12.1. The first kappa shape index (κ1) is 20.1. The van der Waals surface area contributed by atoms with E-state index in [0.717, 1.165) is 43.1 Å². The molecule has 9 heteroatoms. The first-order chi connectivity index (χ1) is 14.1. The molecule has 0 atom stereocenters. The summed E-state index contributed by atoms with van der Waals surface area (Å²) in [5.41, 5.74) is 1.75. The Labute approximate surface area is 181 Å². The van der Waals surface area contributed by atoms with E-state index in [-0.39, 0.29) is 0 Å². The minimum absolute atomic E-state index is 0.397. The summed E-state index contributed by atoms with van der Waals surface area (Å²) >= 11 is 5.00. The summed E-state index contributed by atoms with van der Waals surface area (Å²) in [6.07, 6.45) is 5.68. The van der Waals surface area contributed by atoms with Gasteiger partial charge in [0.1, 0.15) is 17.9 Å². The fourth-order valence-electron chi connectivity index (χ4n) is 2.77. The Morgan fingerprint density at radius 2 is 2.10 bits per heavy atom. The number of nitrogens with zero attached hydrogens (tertiary/aromatic N) is 3.